The summed E-state index contributed by atoms with van der Waals surface area (Å²) in [5.74, 6) is -0.726. The molecule has 1 aromatic rings. The van der Waals surface area contributed by atoms with E-state index in [0.717, 1.165) is 0 Å². The molecule has 0 unspecified atom stereocenters. The summed E-state index contributed by atoms with van der Waals surface area (Å²) in [6, 6.07) is 1.60. The summed E-state index contributed by atoms with van der Waals surface area (Å²) in [6.07, 6.45) is -0.639. The predicted molar refractivity (Wildman–Crippen MR) is 107 cm³/mol. The van der Waals surface area contributed by atoms with Crippen molar-refractivity contribution in [2.24, 2.45) is 0 Å². The molecule has 0 N–H and O–H groups in total. The molecule has 1 fully saturated rings. The van der Waals surface area contributed by atoms with Gasteiger partial charge < -0.3 is 18.8 Å². The molecule has 0 spiro atoms. The topological polar surface area (TPSA) is 76.0 Å². The number of nitrogens with zero attached hydrogens (tertiary/aromatic N) is 1. The third kappa shape index (κ3) is 4.13. The van der Waals surface area contributed by atoms with Crippen molar-refractivity contribution in [3.8, 4) is 0 Å². The van der Waals surface area contributed by atoms with Gasteiger partial charge in [-0.1, -0.05) is 13.8 Å². The van der Waals surface area contributed by atoms with Gasteiger partial charge in [-0.15, -0.1) is 0 Å². The van der Waals surface area contributed by atoms with Crippen LogP contribution in [0, 0.1) is 0 Å². The summed E-state index contributed by atoms with van der Waals surface area (Å²) in [7, 11) is 0.563. The van der Waals surface area contributed by atoms with Gasteiger partial charge in [0.15, 0.2) is 0 Å². The van der Waals surface area contributed by atoms with Crippen molar-refractivity contribution in [1.82, 2.24) is 4.57 Å². The van der Waals surface area contributed by atoms with Gasteiger partial charge in [-0.3, -0.25) is 0 Å². The van der Waals surface area contributed by atoms with E-state index in [4.69, 9.17) is 18.8 Å². The molecule has 0 amide bonds. The summed E-state index contributed by atoms with van der Waals surface area (Å²) < 4.78 is 24.0. The molecule has 0 saturated carbocycles. The molecule has 156 valence electrons. The summed E-state index contributed by atoms with van der Waals surface area (Å²) >= 11 is 0. The van der Waals surface area contributed by atoms with Gasteiger partial charge >= 0.3 is 19.2 Å². The maximum atomic E-state index is 13.0. The molecule has 28 heavy (non-hydrogen) atoms. The number of rotatable bonds is 3. The molecule has 0 atom stereocenters. The number of ether oxygens (including phenoxy) is 2. The van der Waals surface area contributed by atoms with Gasteiger partial charge in [0.05, 0.1) is 18.3 Å². The third-order valence-electron chi connectivity index (χ3n) is 5.09. The molecule has 2 heterocycles. The normalized spacial score (nSPS) is 18.5. The fourth-order valence-corrected chi connectivity index (χ4v) is 3.05. The van der Waals surface area contributed by atoms with E-state index in [1.807, 2.05) is 41.5 Å². The summed E-state index contributed by atoms with van der Waals surface area (Å²) in [4.78, 5) is 25.4. The smallest absolute Gasteiger partial charge is 0.464 e. The third-order valence-corrected chi connectivity index (χ3v) is 5.09. The van der Waals surface area contributed by atoms with E-state index in [9.17, 15) is 9.59 Å². The largest absolute Gasteiger partial charge is 0.496 e. The Hall–Kier alpha value is -1.80. The Labute approximate surface area is 167 Å². The molecule has 0 aromatic carbocycles. The van der Waals surface area contributed by atoms with E-state index < -0.39 is 36.0 Å². The van der Waals surface area contributed by atoms with Crippen LogP contribution in [0.15, 0.2) is 6.07 Å². The zero-order valence-electron chi connectivity index (χ0n) is 18.6. The first kappa shape index (κ1) is 22.5. The molecule has 2 rings (SSSR count). The van der Waals surface area contributed by atoms with Gasteiger partial charge in [-0.25, -0.2) is 14.2 Å². The lowest BCUT2D eigenvalue weighted by Gasteiger charge is -2.32. The van der Waals surface area contributed by atoms with Crippen LogP contribution < -0.4 is 5.46 Å². The van der Waals surface area contributed by atoms with Crippen LogP contribution in [0.25, 0.3) is 0 Å². The zero-order chi connectivity index (χ0) is 21.7. The summed E-state index contributed by atoms with van der Waals surface area (Å²) in [6.45, 7) is 17.0. The van der Waals surface area contributed by atoms with Gasteiger partial charge in [-0.2, -0.15) is 0 Å². The highest BCUT2D eigenvalue weighted by Crippen LogP contribution is 2.37. The monoisotopic (exact) mass is 393 g/mol. The van der Waals surface area contributed by atoms with E-state index >= 15 is 0 Å². The Morgan fingerprint density at radius 1 is 1.11 bits per heavy atom. The van der Waals surface area contributed by atoms with E-state index in [0.29, 0.717) is 11.2 Å². The number of esters is 1. The van der Waals surface area contributed by atoms with Gasteiger partial charge in [0.2, 0.25) is 0 Å². The average molecular weight is 393 g/mol. The minimum atomic E-state index is -0.715. The molecule has 8 heteroatoms. The van der Waals surface area contributed by atoms with Crippen LogP contribution in [0.1, 0.15) is 84.4 Å². The molecular formula is C20H32BNO6. The fraction of sp³-hybridized carbons (Fsp3) is 0.700. The molecule has 1 aliphatic heterocycles. The van der Waals surface area contributed by atoms with Gasteiger partial charge in [0.25, 0.3) is 0 Å². The number of carbonyl (C=O) groups excluding carboxylic acids is 2. The van der Waals surface area contributed by atoms with Gasteiger partial charge in [0, 0.05) is 11.2 Å². The van der Waals surface area contributed by atoms with Crippen LogP contribution in [0.2, 0.25) is 0 Å². The molecule has 1 saturated heterocycles. The lowest BCUT2D eigenvalue weighted by molar-refractivity contribution is 0.00578. The average Bonchev–Trinajstić information content (AvgIpc) is 3.00. The van der Waals surface area contributed by atoms with Crippen LogP contribution in [-0.4, -0.2) is 47.7 Å². The number of carbonyl (C=O) groups is 2. The zero-order valence-corrected chi connectivity index (χ0v) is 18.6. The highest BCUT2D eigenvalue weighted by molar-refractivity contribution is 6.63. The summed E-state index contributed by atoms with van der Waals surface area (Å²) in [5.41, 5.74) is -0.497. The highest BCUT2D eigenvalue weighted by atomic mass is 16.7. The van der Waals surface area contributed by atoms with E-state index in [1.165, 1.54) is 11.7 Å². The molecule has 0 aliphatic carbocycles. The van der Waals surface area contributed by atoms with E-state index in [-0.39, 0.29) is 11.6 Å². The minimum absolute atomic E-state index is 0.0881. The number of hydrogen-bond donors (Lipinski definition) is 0. The quantitative estimate of drug-likeness (QED) is 0.578. The predicted octanol–water partition coefficient (Wildman–Crippen LogP) is 3.48. The standard InChI is InChI=1S/C20H32BNO6/c1-12(2)15-13(21-27-19(6,7)20(8,9)28-21)11-14(16(23)25-10)22(15)17(24)26-18(3,4)5/h11-12H,1-10H3. The van der Waals surface area contributed by atoms with Crippen LogP contribution in [0.5, 0.6) is 0 Å². The van der Waals surface area contributed by atoms with Crippen molar-refractivity contribution < 1.29 is 28.4 Å². The first-order valence-electron chi connectivity index (χ1n) is 9.54. The van der Waals surface area contributed by atoms with Crippen LogP contribution in [0.4, 0.5) is 4.79 Å². The van der Waals surface area contributed by atoms with Crippen LogP contribution >= 0.6 is 0 Å². The minimum Gasteiger partial charge on any atom is -0.464 e. The lowest BCUT2D eigenvalue weighted by Crippen LogP contribution is -2.41. The molecule has 1 aliphatic rings. The van der Waals surface area contributed by atoms with Crippen LogP contribution in [-0.2, 0) is 18.8 Å². The first-order chi connectivity index (χ1) is 12.6. The maximum absolute atomic E-state index is 13.0. The molecule has 7 nitrogen and oxygen atoms in total. The second kappa shape index (κ2) is 7.23. The fourth-order valence-electron chi connectivity index (χ4n) is 3.05. The second-order valence-electron chi connectivity index (χ2n) is 9.42. The first-order valence-corrected chi connectivity index (χ1v) is 9.54. The highest BCUT2D eigenvalue weighted by Gasteiger charge is 2.53. The van der Waals surface area contributed by atoms with Crippen molar-refractivity contribution >= 4 is 24.6 Å². The van der Waals surface area contributed by atoms with Crippen molar-refractivity contribution in [2.45, 2.75) is 85.0 Å². The van der Waals surface area contributed by atoms with Crippen LogP contribution in [0.3, 0.4) is 0 Å². The number of hydrogen-bond acceptors (Lipinski definition) is 6. The molecule has 0 radical (unpaired) electrons. The van der Waals surface area contributed by atoms with Crippen molar-refractivity contribution in [1.29, 1.82) is 0 Å². The van der Waals surface area contributed by atoms with E-state index in [2.05, 4.69) is 0 Å². The Morgan fingerprint density at radius 3 is 2.00 bits per heavy atom. The van der Waals surface area contributed by atoms with Crippen molar-refractivity contribution in [3.05, 3.63) is 17.5 Å². The van der Waals surface area contributed by atoms with Gasteiger partial charge in [0.1, 0.15) is 11.3 Å². The SMILES string of the molecule is COC(=O)c1cc(B2OC(C)(C)C(C)(C)O2)c(C(C)C)n1C(=O)OC(C)(C)C. The van der Waals surface area contributed by atoms with Crippen molar-refractivity contribution in [2.75, 3.05) is 7.11 Å². The number of methoxy groups -OCH3 is 1. The molecular weight excluding hydrogens is 361 g/mol. The Balaban J connectivity index is 2.65. The lowest BCUT2D eigenvalue weighted by atomic mass is 9.77. The van der Waals surface area contributed by atoms with Gasteiger partial charge in [-0.05, 0) is 60.5 Å². The maximum Gasteiger partial charge on any atom is 0.496 e. The Bertz CT molecular complexity index is 756. The Kier molecular flexibility index (Phi) is 5.81. The molecule has 1 aromatic heterocycles. The number of aromatic nitrogens is 1. The Morgan fingerprint density at radius 2 is 1.61 bits per heavy atom. The van der Waals surface area contributed by atoms with Crippen molar-refractivity contribution in [3.63, 3.8) is 0 Å². The summed E-state index contributed by atoms with van der Waals surface area (Å²) in [5, 5.41) is 0. The molecule has 0 bridgehead atoms. The van der Waals surface area contributed by atoms with E-state index in [1.54, 1.807) is 26.8 Å². The second-order valence-corrected chi connectivity index (χ2v) is 9.42.